The fraction of sp³-hybridized carbons (Fsp3) is 1.00. The van der Waals surface area contributed by atoms with Crippen molar-refractivity contribution in [2.75, 3.05) is 21.1 Å². The van der Waals surface area contributed by atoms with Crippen LogP contribution in [0.5, 0.6) is 0 Å². The lowest BCUT2D eigenvalue weighted by molar-refractivity contribution is -0.0372. The van der Waals surface area contributed by atoms with Crippen LogP contribution < -0.4 is 5.32 Å². The molecule has 0 aromatic carbocycles. The molecule has 0 saturated carbocycles. The van der Waals surface area contributed by atoms with Crippen LogP contribution in [0.15, 0.2) is 0 Å². The maximum Gasteiger partial charge on any atom is 0.0121 e. The molecule has 0 aliphatic heterocycles. The number of hydrogen-bond donors (Lipinski definition) is 2. The highest BCUT2D eigenvalue weighted by Gasteiger charge is 2.01. The highest BCUT2D eigenvalue weighted by Crippen LogP contribution is 1.93. The van der Waals surface area contributed by atoms with Gasteiger partial charge in [-0.3, -0.25) is 0 Å². The summed E-state index contributed by atoms with van der Waals surface area (Å²) in [4.78, 5) is 0. The van der Waals surface area contributed by atoms with Crippen LogP contribution in [-0.2, 0) is 0 Å². The van der Waals surface area contributed by atoms with E-state index in [0.717, 1.165) is 5.06 Å². The van der Waals surface area contributed by atoms with E-state index in [1.165, 1.54) is 0 Å². The van der Waals surface area contributed by atoms with Crippen LogP contribution in [0.3, 0.4) is 0 Å². The summed E-state index contributed by atoms with van der Waals surface area (Å²) in [7, 11) is 5.07. The van der Waals surface area contributed by atoms with Gasteiger partial charge in [0.15, 0.2) is 0 Å². The molecule has 0 aromatic heterocycles. The molecular weight excluding hydrogens is 164 g/mol. The monoisotopic (exact) mass is 184 g/mol. The second-order valence-corrected chi connectivity index (χ2v) is 3.35. The van der Waals surface area contributed by atoms with Crippen molar-refractivity contribution in [3.63, 3.8) is 0 Å². The second-order valence-electron chi connectivity index (χ2n) is 3.35. The lowest BCUT2D eigenvalue weighted by Gasteiger charge is -2.15. The normalized spacial score (nSPS) is 9.82. The Labute approximate surface area is 76.1 Å². The maximum atomic E-state index is 7.89. The average Bonchev–Trinajstić information content (AvgIpc) is 1.63. The molecule has 11 heavy (non-hydrogen) atoms. The summed E-state index contributed by atoms with van der Waals surface area (Å²) in [5.41, 5.74) is 0.292. The Bertz CT molecular complexity index is 68.6. The first-order chi connectivity index (χ1) is 4.29. The molecule has 0 spiro atoms. The van der Waals surface area contributed by atoms with Crippen LogP contribution >= 0.6 is 12.4 Å². The van der Waals surface area contributed by atoms with Gasteiger partial charge in [-0.25, -0.2) is 0 Å². The molecule has 0 aliphatic carbocycles. The van der Waals surface area contributed by atoms with E-state index in [-0.39, 0.29) is 12.4 Å². The van der Waals surface area contributed by atoms with Crippen LogP contribution in [0.2, 0.25) is 0 Å². The smallest absolute Gasteiger partial charge is 0.0121 e. The summed E-state index contributed by atoms with van der Waals surface area (Å²) < 4.78 is 0. The van der Waals surface area contributed by atoms with Crippen LogP contribution in [0.4, 0.5) is 0 Å². The van der Waals surface area contributed by atoms with Gasteiger partial charge in [-0.2, -0.15) is 5.06 Å². The minimum absolute atomic E-state index is 0. The zero-order valence-electron chi connectivity index (χ0n) is 8.30. The summed E-state index contributed by atoms with van der Waals surface area (Å²) in [6.07, 6.45) is 0. The maximum absolute atomic E-state index is 7.89. The average molecular weight is 185 g/mol. The third kappa shape index (κ3) is 67.6. The molecule has 2 N–H and O–H groups in total. The largest absolute Gasteiger partial charge is 0.315 e. The summed E-state index contributed by atoms with van der Waals surface area (Å²) in [5.74, 6) is 0. The van der Waals surface area contributed by atoms with Crippen molar-refractivity contribution < 1.29 is 5.21 Å². The third-order valence-corrected chi connectivity index (χ3v) is 0.750. The van der Waals surface area contributed by atoms with E-state index in [1.807, 2.05) is 7.05 Å². The number of hydrogen-bond acceptors (Lipinski definition) is 3. The second kappa shape index (κ2) is 8.27. The predicted molar refractivity (Wildman–Crippen MR) is 51.5 cm³/mol. The SMILES string of the molecule is CN(C)O.CNC(C)(C)C.Cl. The van der Waals surface area contributed by atoms with Gasteiger partial charge in [0.05, 0.1) is 0 Å². The Morgan fingerprint density at radius 1 is 1.18 bits per heavy atom. The summed E-state index contributed by atoms with van der Waals surface area (Å²) in [5, 5.41) is 12.0. The van der Waals surface area contributed by atoms with Gasteiger partial charge in [0, 0.05) is 19.6 Å². The zero-order valence-corrected chi connectivity index (χ0v) is 9.12. The molecule has 0 fully saturated rings. The highest BCUT2D eigenvalue weighted by atomic mass is 35.5. The lowest BCUT2D eigenvalue weighted by Crippen LogP contribution is -2.31. The van der Waals surface area contributed by atoms with E-state index in [4.69, 9.17) is 5.21 Å². The fourth-order valence-electron chi connectivity index (χ4n) is 0. The van der Waals surface area contributed by atoms with E-state index >= 15 is 0 Å². The Morgan fingerprint density at radius 2 is 1.27 bits per heavy atom. The van der Waals surface area contributed by atoms with Crippen LogP contribution in [0.25, 0.3) is 0 Å². The van der Waals surface area contributed by atoms with Gasteiger partial charge in [-0.05, 0) is 27.8 Å². The third-order valence-electron chi connectivity index (χ3n) is 0.750. The fourth-order valence-corrected chi connectivity index (χ4v) is 0. The minimum atomic E-state index is 0. The molecule has 72 valence electrons. The van der Waals surface area contributed by atoms with E-state index in [1.54, 1.807) is 14.1 Å². The molecule has 0 aromatic rings. The van der Waals surface area contributed by atoms with Gasteiger partial charge >= 0.3 is 0 Å². The number of rotatable bonds is 0. The highest BCUT2D eigenvalue weighted by molar-refractivity contribution is 5.85. The topological polar surface area (TPSA) is 35.5 Å². The van der Waals surface area contributed by atoms with Crippen molar-refractivity contribution in [2.24, 2.45) is 0 Å². The molecule has 0 unspecified atom stereocenters. The molecule has 0 rings (SSSR count). The van der Waals surface area contributed by atoms with Crippen molar-refractivity contribution in [3.8, 4) is 0 Å². The first-order valence-electron chi connectivity index (χ1n) is 3.34. The number of nitrogens with one attached hydrogen (secondary N) is 1. The van der Waals surface area contributed by atoms with Crippen molar-refractivity contribution >= 4 is 12.4 Å². The summed E-state index contributed by atoms with van der Waals surface area (Å²) >= 11 is 0. The molecule has 4 heteroatoms. The van der Waals surface area contributed by atoms with E-state index in [9.17, 15) is 0 Å². The van der Waals surface area contributed by atoms with E-state index < -0.39 is 0 Å². The summed E-state index contributed by atoms with van der Waals surface area (Å²) in [6, 6.07) is 0. The molecular formula is C7H21ClN2O. The van der Waals surface area contributed by atoms with Gasteiger partial charge in [-0.15, -0.1) is 12.4 Å². The van der Waals surface area contributed by atoms with Gasteiger partial charge in [0.25, 0.3) is 0 Å². The molecule has 0 saturated heterocycles. The van der Waals surface area contributed by atoms with Crippen LogP contribution in [0, 0.1) is 0 Å². The Kier molecular flexibility index (Phi) is 13.0. The van der Waals surface area contributed by atoms with Crippen LogP contribution in [-0.4, -0.2) is 37.0 Å². The molecule has 0 aliphatic rings. The van der Waals surface area contributed by atoms with Crippen molar-refractivity contribution in [2.45, 2.75) is 26.3 Å². The molecule has 0 atom stereocenters. The summed E-state index contributed by atoms with van der Waals surface area (Å²) in [6.45, 7) is 6.40. The number of hydroxylamine groups is 2. The molecule has 0 amide bonds. The lowest BCUT2D eigenvalue weighted by atomic mass is 10.1. The minimum Gasteiger partial charge on any atom is -0.315 e. The molecule has 0 bridgehead atoms. The first-order valence-corrected chi connectivity index (χ1v) is 3.34. The van der Waals surface area contributed by atoms with Gasteiger partial charge in [0.1, 0.15) is 0 Å². The van der Waals surface area contributed by atoms with E-state index in [0.29, 0.717) is 5.54 Å². The zero-order chi connectivity index (χ0) is 8.78. The quantitative estimate of drug-likeness (QED) is 0.559. The molecule has 0 radical (unpaired) electrons. The van der Waals surface area contributed by atoms with Crippen LogP contribution in [0.1, 0.15) is 20.8 Å². The van der Waals surface area contributed by atoms with Gasteiger partial charge < -0.3 is 10.5 Å². The van der Waals surface area contributed by atoms with Gasteiger partial charge in [0.2, 0.25) is 0 Å². The van der Waals surface area contributed by atoms with Gasteiger partial charge in [-0.1, -0.05) is 0 Å². The molecule has 0 heterocycles. The molecule has 3 nitrogen and oxygen atoms in total. The first kappa shape index (κ1) is 17.3. The van der Waals surface area contributed by atoms with Crippen molar-refractivity contribution in [3.05, 3.63) is 0 Å². The van der Waals surface area contributed by atoms with Crippen molar-refractivity contribution in [1.29, 1.82) is 0 Å². The van der Waals surface area contributed by atoms with E-state index in [2.05, 4.69) is 26.1 Å². The standard InChI is InChI=1S/C5H13N.C2H7NO.ClH/c1-5(2,3)6-4;1-3(2)4;/h6H,1-4H3;4H,1-2H3;1H. The number of nitrogens with zero attached hydrogens (tertiary/aromatic N) is 1. The number of halogens is 1. The Morgan fingerprint density at radius 3 is 1.27 bits per heavy atom. The predicted octanol–water partition coefficient (Wildman–Crippen LogP) is 1.36. The van der Waals surface area contributed by atoms with Crippen molar-refractivity contribution in [1.82, 2.24) is 10.4 Å². The Hall–Kier alpha value is 0.170. The Balaban J connectivity index is -0.000000114.